The van der Waals surface area contributed by atoms with E-state index in [9.17, 15) is 9.18 Å². The minimum atomic E-state index is -0.454. The number of rotatable bonds is 8. The van der Waals surface area contributed by atoms with Gasteiger partial charge in [-0.05, 0) is 44.0 Å². The van der Waals surface area contributed by atoms with Gasteiger partial charge < -0.3 is 19.7 Å². The number of anilines is 1. The van der Waals surface area contributed by atoms with Crippen molar-refractivity contribution in [2.45, 2.75) is 32.0 Å². The first-order valence-corrected chi connectivity index (χ1v) is 9.85. The average molecular weight is 379 g/mol. The predicted octanol–water partition coefficient (Wildman–Crippen LogP) is 1.65. The molecule has 0 saturated carbocycles. The highest BCUT2D eigenvalue weighted by molar-refractivity contribution is 5.80. The van der Waals surface area contributed by atoms with Gasteiger partial charge >= 0.3 is 0 Å². The summed E-state index contributed by atoms with van der Waals surface area (Å²) in [5.41, 5.74) is 1.06. The van der Waals surface area contributed by atoms with Crippen LogP contribution in [0.2, 0.25) is 0 Å². The van der Waals surface area contributed by atoms with Gasteiger partial charge in [-0.25, -0.2) is 4.39 Å². The number of amides is 1. The smallest absolute Gasteiger partial charge is 0.248 e. The van der Waals surface area contributed by atoms with E-state index >= 15 is 0 Å². The normalized spacial score (nSPS) is 22.0. The minimum Gasteiger partial charge on any atom is -0.376 e. The van der Waals surface area contributed by atoms with Crippen LogP contribution in [0.5, 0.6) is 0 Å². The molecule has 2 unspecified atom stereocenters. The first kappa shape index (κ1) is 20.0. The van der Waals surface area contributed by atoms with Crippen LogP contribution in [0.1, 0.15) is 19.8 Å². The number of benzene rings is 1. The van der Waals surface area contributed by atoms with Crippen molar-refractivity contribution in [3.8, 4) is 0 Å². The molecular formula is C20H30FN3O3. The standard InChI is InChI=1S/C20H30FN3O3/c1-16(27-15-19-3-2-14-26-19)20(25)22-8-9-23-10-12-24(13-11-23)18-6-4-17(21)5-7-18/h4-7,16,19H,2-3,8-15H2,1H3,(H,22,25). The molecule has 0 aromatic heterocycles. The van der Waals surface area contributed by atoms with Gasteiger partial charge in [0.2, 0.25) is 5.91 Å². The van der Waals surface area contributed by atoms with Crippen molar-refractivity contribution in [2.24, 2.45) is 0 Å². The SMILES string of the molecule is CC(OCC1CCCO1)C(=O)NCCN1CCN(c2ccc(F)cc2)CC1. The zero-order valence-corrected chi connectivity index (χ0v) is 16.0. The molecule has 3 rings (SSSR count). The molecule has 27 heavy (non-hydrogen) atoms. The van der Waals surface area contributed by atoms with Gasteiger partial charge in [-0.2, -0.15) is 0 Å². The first-order valence-electron chi connectivity index (χ1n) is 9.85. The van der Waals surface area contributed by atoms with E-state index in [2.05, 4.69) is 15.1 Å². The van der Waals surface area contributed by atoms with E-state index in [1.165, 1.54) is 12.1 Å². The number of hydrogen-bond acceptors (Lipinski definition) is 5. The summed E-state index contributed by atoms with van der Waals surface area (Å²) in [6, 6.07) is 6.64. The third-order valence-electron chi connectivity index (χ3n) is 5.22. The Morgan fingerprint density at radius 2 is 2.04 bits per heavy atom. The Bertz CT molecular complexity index is 585. The number of piperazine rings is 1. The van der Waals surface area contributed by atoms with E-state index in [0.717, 1.165) is 57.9 Å². The lowest BCUT2D eigenvalue weighted by molar-refractivity contribution is -0.133. The third kappa shape index (κ3) is 6.16. The second-order valence-corrected chi connectivity index (χ2v) is 7.21. The van der Waals surface area contributed by atoms with Crippen LogP contribution in [-0.4, -0.2) is 75.5 Å². The summed E-state index contributed by atoms with van der Waals surface area (Å²) < 4.78 is 24.1. The van der Waals surface area contributed by atoms with Gasteiger partial charge in [-0.1, -0.05) is 0 Å². The van der Waals surface area contributed by atoms with Crippen LogP contribution in [0.3, 0.4) is 0 Å². The maximum atomic E-state index is 13.0. The molecule has 0 spiro atoms. The van der Waals surface area contributed by atoms with E-state index in [1.807, 2.05) is 12.1 Å². The lowest BCUT2D eigenvalue weighted by Gasteiger charge is -2.36. The number of nitrogens with zero attached hydrogens (tertiary/aromatic N) is 2. The molecule has 2 aliphatic heterocycles. The van der Waals surface area contributed by atoms with Crippen LogP contribution >= 0.6 is 0 Å². The molecule has 150 valence electrons. The second-order valence-electron chi connectivity index (χ2n) is 7.21. The van der Waals surface area contributed by atoms with Crippen molar-refractivity contribution in [1.82, 2.24) is 10.2 Å². The molecule has 2 atom stereocenters. The molecule has 2 aliphatic rings. The van der Waals surface area contributed by atoms with Crippen LogP contribution in [0.15, 0.2) is 24.3 Å². The van der Waals surface area contributed by atoms with Gasteiger partial charge in [0.1, 0.15) is 11.9 Å². The summed E-state index contributed by atoms with van der Waals surface area (Å²) in [4.78, 5) is 16.7. The van der Waals surface area contributed by atoms with E-state index in [-0.39, 0.29) is 17.8 Å². The van der Waals surface area contributed by atoms with Crippen molar-refractivity contribution in [1.29, 1.82) is 0 Å². The molecule has 1 aromatic carbocycles. The third-order valence-corrected chi connectivity index (χ3v) is 5.22. The van der Waals surface area contributed by atoms with Gasteiger partial charge in [0.05, 0.1) is 12.7 Å². The van der Waals surface area contributed by atoms with Crippen molar-refractivity contribution < 1.29 is 18.7 Å². The van der Waals surface area contributed by atoms with E-state index in [0.29, 0.717) is 13.2 Å². The molecule has 0 bridgehead atoms. The molecular weight excluding hydrogens is 349 g/mol. The maximum absolute atomic E-state index is 13.0. The lowest BCUT2D eigenvalue weighted by Crippen LogP contribution is -2.49. The molecule has 7 heteroatoms. The zero-order valence-electron chi connectivity index (χ0n) is 16.0. The minimum absolute atomic E-state index is 0.0713. The highest BCUT2D eigenvalue weighted by Gasteiger charge is 2.20. The summed E-state index contributed by atoms with van der Waals surface area (Å²) in [6.45, 7) is 8.16. The average Bonchev–Trinajstić information content (AvgIpc) is 3.21. The maximum Gasteiger partial charge on any atom is 0.248 e. The number of halogens is 1. The summed E-state index contributed by atoms with van der Waals surface area (Å²) >= 11 is 0. The van der Waals surface area contributed by atoms with Crippen molar-refractivity contribution >= 4 is 11.6 Å². The predicted molar refractivity (Wildman–Crippen MR) is 102 cm³/mol. The van der Waals surface area contributed by atoms with Gasteiger partial charge in [-0.3, -0.25) is 9.69 Å². The molecule has 1 aromatic rings. The highest BCUT2D eigenvalue weighted by Crippen LogP contribution is 2.16. The molecule has 2 fully saturated rings. The second kappa shape index (κ2) is 10.0. The van der Waals surface area contributed by atoms with Crippen LogP contribution in [0.25, 0.3) is 0 Å². The number of nitrogens with one attached hydrogen (secondary N) is 1. The molecule has 0 radical (unpaired) electrons. The van der Waals surface area contributed by atoms with Gasteiger partial charge in [0.15, 0.2) is 0 Å². The van der Waals surface area contributed by atoms with E-state index in [1.54, 1.807) is 6.92 Å². The molecule has 2 saturated heterocycles. The fourth-order valence-electron chi connectivity index (χ4n) is 3.47. The number of carbonyl (C=O) groups is 1. The Morgan fingerprint density at radius 1 is 1.30 bits per heavy atom. The number of ether oxygens (including phenoxy) is 2. The monoisotopic (exact) mass is 379 g/mol. The summed E-state index contributed by atoms with van der Waals surface area (Å²) in [7, 11) is 0. The Labute approximate surface area is 160 Å². The molecule has 6 nitrogen and oxygen atoms in total. The van der Waals surface area contributed by atoms with Crippen LogP contribution in [0, 0.1) is 5.82 Å². The van der Waals surface area contributed by atoms with Crippen molar-refractivity contribution in [2.75, 3.05) is 57.4 Å². The topological polar surface area (TPSA) is 54.0 Å². The fourth-order valence-corrected chi connectivity index (χ4v) is 3.47. The molecule has 1 N–H and O–H groups in total. The lowest BCUT2D eigenvalue weighted by atomic mass is 10.2. The molecule has 1 amide bonds. The first-order chi connectivity index (χ1) is 13.1. The zero-order chi connectivity index (χ0) is 19.1. The largest absolute Gasteiger partial charge is 0.376 e. The summed E-state index contributed by atoms with van der Waals surface area (Å²) in [6.07, 6.45) is 1.77. The molecule has 2 heterocycles. The van der Waals surface area contributed by atoms with Crippen LogP contribution in [-0.2, 0) is 14.3 Å². The highest BCUT2D eigenvalue weighted by atomic mass is 19.1. The van der Waals surface area contributed by atoms with Gasteiger partial charge in [0, 0.05) is 51.6 Å². The Balaban J connectivity index is 1.29. The number of hydrogen-bond donors (Lipinski definition) is 1. The van der Waals surface area contributed by atoms with Crippen LogP contribution in [0.4, 0.5) is 10.1 Å². The summed E-state index contributed by atoms with van der Waals surface area (Å²) in [5, 5.41) is 2.95. The number of carbonyl (C=O) groups excluding carboxylic acids is 1. The van der Waals surface area contributed by atoms with E-state index in [4.69, 9.17) is 9.47 Å². The Morgan fingerprint density at radius 3 is 2.70 bits per heavy atom. The quantitative estimate of drug-likeness (QED) is 0.744. The Kier molecular flexibility index (Phi) is 7.43. The van der Waals surface area contributed by atoms with Crippen molar-refractivity contribution in [3.63, 3.8) is 0 Å². The fraction of sp³-hybridized carbons (Fsp3) is 0.650. The molecule has 0 aliphatic carbocycles. The van der Waals surface area contributed by atoms with E-state index < -0.39 is 6.10 Å². The summed E-state index contributed by atoms with van der Waals surface area (Å²) in [5.74, 6) is -0.278. The van der Waals surface area contributed by atoms with Crippen molar-refractivity contribution in [3.05, 3.63) is 30.1 Å². The Hall–Kier alpha value is -1.70. The van der Waals surface area contributed by atoms with Crippen LogP contribution < -0.4 is 10.2 Å². The van der Waals surface area contributed by atoms with Gasteiger partial charge in [0.25, 0.3) is 0 Å². The van der Waals surface area contributed by atoms with Gasteiger partial charge in [-0.15, -0.1) is 0 Å².